The first-order chi connectivity index (χ1) is 11.1. The van der Waals surface area contributed by atoms with Crippen molar-refractivity contribution in [1.82, 2.24) is 4.57 Å². The highest BCUT2D eigenvalue weighted by molar-refractivity contribution is 14.1. The number of benzene rings is 2. The van der Waals surface area contributed by atoms with E-state index in [0.717, 1.165) is 20.6 Å². The molecular formula is C18H13IN2O2. The Hall–Kier alpha value is -2.41. The van der Waals surface area contributed by atoms with Gasteiger partial charge >= 0.3 is 5.97 Å². The molecule has 2 aromatic carbocycles. The molecule has 0 radical (unpaired) electrons. The zero-order valence-corrected chi connectivity index (χ0v) is 14.2. The fourth-order valence-electron chi connectivity index (χ4n) is 2.19. The zero-order valence-electron chi connectivity index (χ0n) is 12.1. The lowest BCUT2D eigenvalue weighted by atomic mass is 10.2. The van der Waals surface area contributed by atoms with Crippen LogP contribution in [0.3, 0.4) is 0 Å². The van der Waals surface area contributed by atoms with Gasteiger partial charge in [0.15, 0.2) is 0 Å². The molecule has 0 unspecified atom stereocenters. The van der Waals surface area contributed by atoms with Crippen molar-refractivity contribution in [2.24, 2.45) is 4.99 Å². The number of aromatic carboxylic acids is 1. The van der Waals surface area contributed by atoms with Crippen molar-refractivity contribution < 1.29 is 9.90 Å². The molecule has 0 spiro atoms. The zero-order chi connectivity index (χ0) is 16.2. The van der Waals surface area contributed by atoms with E-state index >= 15 is 0 Å². The molecule has 3 rings (SSSR count). The highest BCUT2D eigenvalue weighted by atomic mass is 127. The number of carboxylic acids is 1. The van der Waals surface area contributed by atoms with Gasteiger partial charge in [0, 0.05) is 15.5 Å². The van der Waals surface area contributed by atoms with Crippen LogP contribution in [0.15, 0.2) is 71.9 Å². The lowest BCUT2D eigenvalue weighted by molar-refractivity contribution is 0.0697. The minimum absolute atomic E-state index is 0.261. The Morgan fingerprint density at radius 3 is 2.61 bits per heavy atom. The van der Waals surface area contributed by atoms with Crippen molar-refractivity contribution in [3.8, 4) is 5.69 Å². The third-order valence-electron chi connectivity index (χ3n) is 3.32. The molecule has 1 aromatic heterocycles. The van der Waals surface area contributed by atoms with E-state index in [0.29, 0.717) is 0 Å². The molecule has 0 saturated carbocycles. The summed E-state index contributed by atoms with van der Waals surface area (Å²) >= 11 is 2.25. The predicted octanol–water partition coefficient (Wildman–Crippen LogP) is 4.53. The average molecular weight is 416 g/mol. The van der Waals surface area contributed by atoms with Crippen molar-refractivity contribution in [3.05, 3.63) is 81.7 Å². The lowest BCUT2D eigenvalue weighted by Gasteiger charge is -2.07. The molecule has 1 N–H and O–H groups in total. The minimum Gasteiger partial charge on any atom is -0.478 e. The van der Waals surface area contributed by atoms with E-state index < -0.39 is 5.97 Å². The van der Waals surface area contributed by atoms with Crippen molar-refractivity contribution in [2.75, 3.05) is 0 Å². The van der Waals surface area contributed by atoms with E-state index in [1.54, 1.807) is 24.4 Å². The number of aliphatic imine (C=N–C) groups is 1. The monoisotopic (exact) mass is 416 g/mol. The molecule has 5 heteroatoms. The van der Waals surface area contributed by atoms with Gasteiger partial charge in [-0.1, -0.05) is 6.07 Å². The first-order valence-corrected chi connectivity index (χ1v) is 8.02. The van der Waals surface area contributed by atoms with Gasteiger partial charge in [-0.05, 0) is 77.2 Å². The summed E-state index contributed by atoms with van der Waals surface area (Å²) < 4.78 is 3.07. The first-order valence-electron chi connectivity index (χ1n) is 6.94. The van der Waals surface area contributed by atoms with Gasteiger partial charge < -0.3 is 9.67 Å². The smallest absolute Gasteiger partial charge is 0.335 e. The van der Waals surface area contributed by atoms with E-state index in [2.05, 4.69) is 27.6 Å². The van der Waals surface area contributed by atoms with Crippen LogP contribution < -0.4 is 0 Å². The second-order valence-corrected chi connectivity index (χ2v) is 6.14. The molecule has 0 bridgehead atoms. The molecule has 114 valence electrons. The number of halogens is 1. The van der Waals surface area contributed by atoms with E-state index in [1.807, 2.05) is 53.2 Å². The molecule has 0 aliphatic heterocycles. The maximum Gasteiger partial charge on any atom is 0.335 e. The molecule has 0 saturated heterocycles. The summed E-state index contributed by atoms with van der Waals surface area (Å²) in [6, 6.07) is 18.6. The summed E-state index contributed by atoms with van der Waals surface area (Å²) in [5.41, 5.74) is 2.80. The highest BCUT2D eigenvalue weighted by Crippen LogP contribution is 2.17. The standard InChI is InChI=1S/C18H13IN2O2/c19-14-6-8-15(9-7-14)20-12-17-5-2-10-21(17)16-4-1-3-13(11-16)18(22)23/h1-12H,(H,22,23). The van der Waals surface area contributed by atoms with Gasteiger partial charge in [0.25, 0.3) is 0 Å². The molecule has 4 nitrogen and oxygen atoms in total. The molecule has 0 atom stereocenters. The maximum absolute atomic E-state index is 11.1. The van der Waals surface area contributed by atoms with Crippen molar-refractivity contribution in [1.29, 1.82) is 0 Å². The van der Waals surface area contributed by atoms with E-state index in [4.69, 9.17) is 5.11 Å². The number of aromatic nitrogens is 1. The Kier molecular flexibility index (Phi) is 4.57. The summed E-state index contributed by atoms with van der Waals surface area (Å²) in [5.74, 6) is -0.937. The van der Waals surface area contributed by atoms with E-state index in [9.17, 15) is 4.79 Å². The Balaban J connectivity index is 1.92. The Labute approximate surface area is 147 Å². The van der Waals surface area contributed by atoms with Crippen LogP contribution in [-0.2, 0) is 0 Å². The third kappa shape index (κ3) is 3.68. The van der Waals surface area contributed by atoms with Crippen LogP contribution in [0.5, 0.6) is 0 Å². The normalized spacial score (nSPS) is 11.0. The van der Waals surface area contributed by atoms with Gasteiger partial charge in [-0.15, -0.1) is 0 Å². The molecule has 23 heavy (non-hydrogen) atoms. The summed E-state index contributed by atoms with van der Waals surface area (Å²) in [7, 11) is 0. The van der Waals surface area contributed by atoms with Crippen LogP contribution in [0.25, 0.3) is 5.69 Å². The Morgan fingerprint density at radius 1 is 1.09 bits per heavy atom. The van der Waals surface area contributed by atoms with Gasteiger partial charge in [0.2, 0.25) is 0 Å². The third-order valence-corrected chi connectivity index (χ3v) is 4.04. The Morgan fingerprint density at radius 2 is 1.87 bits per heavy atom. The second kappa shape index (κ2) is 6.78. The van der Waals surface area contributed by atoms with Crippen LogP contribution in [0.4, 0.5) is 5.69 Å². The van der Waals surface area contributed by atoms with Gasteiger partial charge in [0.05, 0.1) is 23.2 Å². The van der Waals surface area contributed by atoms with Crippen molar-refractivity contribution >= 4 is 40.5 Å². The van der Waals surface area contributed by atoms with E-state index in [1.165, 1.54) is 0 Å². The molecule has 0 fully saturated rings. The lowest BCUT2D eigenvalue weighted by Crippen LogP contribution is -2.01. The number of hydrogen-bond donors (Lipinski definition) is 1. The number of hydrogen-bond acceptors (Lipinski definition) is 2. The van der Waals surface area contributed by atoms with Crippen LogP contribution in [-0.4, -0.2) is 21.9 Å². The fourth-order valence-corrected chi connectivity index (χ4v) is 2.55. The molecule has 3 aromatic rings. The number of carboxylic acid groups (broad SMARTS) is 1. The van der Waals surface area contributed by atoms with Crippen molar-refractivity contribution in [3.63, 3.8) is 0 Å². The fraction of sp³-hybridized carbons (Fsp3) is 0. The predicted molar refractivity (Wildman–Crippen MR) is 99.1 cm³/mol. The van der Waals surface area contributed by atoms with Gasteiger partial charge in [-0.25, -0.2) is 4.79 Å². The molecule has 0 amide bonds. The first kappa shape index (κ1) is 15.5. The quantitative estimate of drug-likeness (QED) is 0.502. The topological polar surface area (TPSA) is 54.6 Å². The summed E-state index contributed by atoms with van der Waals surface area (Å²) in [6.45, 7) is 0. The van der Waals surface area contributed by atoms with Crippen molar-refractivity contribution in [2.45, 2.75) is 0 Å². The second-order valence-electron chi connectivity index (χ2n) is 4.89. The average Bonchev–Trinajstić information content (AvgIpc) is 3.03. The van der Waals surface area contributed by atoms with Crippen LogP contribution >= 0.6 is 22.6 Å². The van der Waals surface area contributed by atoms with Crippen LogP contribution in [0.2, 0.25) is 0 Å². The van der Waals surface area contributed by atoms with E-state index in [-0.39, 0.29) is 5.56 Å². The highest BCUT2D eigenvalue weighted by Gasteiger charge is 2.06. The van der Waals surface area contributed by atoms with Gasteiger partial charge in [-0.3, -0.25) is 4.99 Å². The number of nitrogens with zero attached hydrogens (tertiary/aromatic N) is 2. The SMILES string of the molecule is O=C(O)c1cccc(-n2cccc2C=Nc2ccc(I)cc2)c1. The molecular weight excluding hydrogens is 403 g/mol. The maximum atomic E-state index is 11.1. The summed E-state index contributed by atoms with van der Waals surface area (Å²) in [5, 5.41) is 9.11. The van der Waals surface area contributed by atoms with Crippen LogP contribution in [0, 0.1) is 3.57 Å². The molecule has 0 aliphatic carbocycles. The summed E-state index contributed by atoms with van der Waals surface area (Å²) in [6.07, 6.45) is 3.66. The largest absolute Gasteiger partial charge is 0.478 e. The van der Waals surface area contributed by atoms with Crippen LogP contribution in [0.1, 0.15) is 16.1 Å². The number of rotatable bonds is 4. The van der Waals surface area contributed by atoms with Gasteiger partial charge in [-0.2, -0.15) is 0 Å². The number of carbonyl (C=O) groups is 1. The summed E-state index contributed by atoms with van der Waals surface area (Å²) in [4.78, 5) is 15.6. The molecule has 0 aliphatic rings. The Bertz CT molecular complexity index is 867. The molecule has 1 heterocycles. The minimum atomic E-state index is -0.937. The van der Waals surface area contributed by atoms with Gasteiger partial charge in [0.1, 0.15) is 0 Å².